The summed E-state index contributed by atoms with van der Waals surface area (Å²) in [6, 6.07) is 6.25. The van der Waals surface area contributed by atoms with Crippen LogP contribution < -0.4 is 11.0 Å². The maximum absolute atomic E-state index is 12.6. The molecule has 1 aromatic carbocycles. The standard InChI is InChI=1S/C16H13NO5/c1-3-17-14(19)11(16(20)21)7-10-13(18)9-6-8(2)4-5-12(9)22-15(10)17/h4-7H,3H2,1-2H3,(H,20,21). The first kappa shape index (κ1) is 14.1. The number of pyridine rings is 1. The molecule has 0 radical (unpaired) electrons. The number of carbonyl (C=O) groups is 1. The Kier molecular flexibility index (Phi) is 3.09. The van der Waals surface area contributed by atoms with Gasteiger partial charge in [-0.1, -0.05) is 11.6 Å². The van der Waals surface area contributed by atoms with Crippen LogP contribution in [0, 0.1) is 6.92 Å². The van der Waals surface area contributed by atoms with E-state index in [9.17, 15) is 14.4 Å². The Morgan fingerprint density at radius 1 is 1.23 bits per heavy atom. The van der Waals surface area contributed by atoms with Crippen LogP contribution in [0.2, 0.25) is 0 Å². The van der Waals surface area contributed by atoms with Crippen LogP contribution >= 0.6 is 0 Å². The average Bonchev–Trinajstić information content (AvgIpc) is 2.47. The van der Waals surface area contributed by atoms with Gasteiger partial charge in [-0.3, -0.25) is 14.2 Å². The highest BCUT2D eigenvalue weighted by Crippen LogP contribution is 2.19. The van der Waals surface area contributed by atoms with Gasteiger partial charge in [0, 0.05) is 6.54 Å². The molecule has 0 spiro atoms. The van der Waals surface area contributed by atoms with Crippen molar-refractivity contribution in [3.63, 3.8) is 0 Å². The van der Waals surface area contributed by atoms with E-state index in [-0.39, 0.29) is 23.1 Å². The number of aromatic nitrogens is 1. The van der Waals surface area contributed by atoms with Crippen molar-refractivity contribution < 1.29 is 14.3 Å². The Hall–Kier alpha value is -2.89. The van der Waals surface area contributed by atoms with Crippen LogP contribution in [0.25, 0.3) is 22.1 Å². The number of benzene rings is 1. The van der Waals surface area contributed by atoms with Crippen LogP contribution in [0.1, 0.15) is 22.8 Å². The lowest BCUT2D eigenvalue weighted by molar-refractivity contribution is 0.0694. The molecule has 0 saturated carbocycles. The Balaban J connectivity index is 2.61. The molecular weight excluding hydrogens is 286 g/mol. The van der Waals surface area contributed by atoms with Crippen LogP contribution in [0.4, 0.5) is 0 Å². The molecule has 0 aliphatic heterocycles. The summed E-state index contributed by atoms with van der Waals surface area (Å²) < 4.78 is 6.86. The molecule has 6 nitrogen and oxygen atoms in total. The van der Waals surface area contributed by atoms with Crippen molar-refractivity contribution in [2.45, 2.75) is 20.4 Å². The minimum atomic E-state index is -1.36. The first-order chi connectivity index (χ1) is 10.4. The average molecular weight is 299 g/mol. The highest BCUT2D eigenvalue weighted by Gasteiger charge is 2.18. The number of nitrogens with zero attached hydrogens (tertiary/aromatic N) is 1. The predicted octanol–water partition coefficient (Wildman–Crippen LogP) is 2.13. The Bertz CT molecular complexity index is 1040. The molecule has 3 aromatic rings. The summed E-state index contributed by atoms with van der Waals surface area (Å²) >= 11 is 0. The lowest BCUT2D eigenvalue weighted by Crippen LogP contribution is -2.27. The van der Waals surface area contributed by atoms with Gasteiger partial charge in [0.15, 0.2) is 0 Å². The van der Waals surface area contributed by atoms with Gasteiger partial charge in [-0.05, 0) is 32.0 Å². The van der Waals surface area contributed by atoms with Crippen LogP contribution in [-0.4, -0.2) is 15.6 Å². The fourth-order valence-corrected chi connectivity index (χ4v) is 2.52. The van der Waals surface area contributed by atoms with E-state index in [4.69, 9.17) is 9.52 Å². The molecule has 6 heteroatoms. The number of carboxylic acid groups (broad SMARTS) is 1. The van der Waals surface area contributed by atoms with Crippen LogP contribution in [-0.2, 0) is 6.54 Å². The van der Waals surface area contributed by atoms with Crippen LogP contribution in [0.15, 0.2) is 38.3 Å². The topological polar surface area (TPSA) is 89.5 Å². The second-order valence-electron chi connectivity index (χ2n) is 5.06. The summed E-state index contributed by atoms with van der Waals surface area (Å²) in [7, 11) is 0. The van der Waals surface area contributed by atoms with E-state index in [1.807, 2.05) is 6.92 Å². The molecule has 0 bridgehead atoms. The molecule has 0 atom stereocenters. The van der Waals surface area contributed by atoms with Crippen molar-refractivity contribution in [1.82, 2.24) is 4.57 Å². The van der Waals surface area contributed by atoms with Gasteiger partial charge in [-0.25, -0.2) is 4.79 Å². The number of fused-ring (bicyclic) bond motifs is 2. The molecule has 2 heterocycles. The molecular formula is C16H13NO5. The third-order valence-electron chi connectivity index (χ3n) is 3.62. The van der Waals surface area contributed by atoms with Gasteiger partial charge in [0.05, 0.1) is 10.8 Å². The number of hydrogen-bond acceptors (Lipinski definition) is 4. The number of aromatic carboxylic acids is 1. The minimum Gasteiger partial charge on any atom is -0.477 e. The van der Waals surface area contributed by atoms with Crippen molar-refractivity contribution in [1.29, 1.82) is 0 Å². The molecule has 0 unspecified atom stereocenters. The fraction of sp³-hybridized carbons (Fsp3) is 0.188. The highest BCUT2D eigenvalue weighted by atomic mass is 16.4. The molecule has 0 amide bonds. The summed E-state index contributed by atoms with van der Waals surface area (Å²) in [4.78, 5) is 36.0. The van der Waals surface area contributed by atoms with Crippen molar-refractivity contribution in [2.75, 3.05) is 0 Å². The maximum Gasteiger partial charge on any atom is 0.341 e. The van der Waals surface area contributed by atoms with E-state index in [0.717, 1.165) is 11.6 Å². The summed E-state index contributed by atoms with van der Waals surface area (Å²) in [6.07, 6.45) is 0. The SMILES string of the molecule is CCn1c(=O)c(C(=O)O)cc2c(=O)c3cc(C)ccc3oc21. The number of hydrogen-bond donors (Lipinski definition) is 1. The van der Waals surface area contributed by atoms with E-state index >= 15 is 0 Å². The van der Waals surface area contributed by atoms with Gasteiger partial charge in [0.1, 0.15) is 11.1 Å². The van der Waals surface area contributed by atoms with E-state index in [1.54, 1.807) is 25.1 Å². The van der Waals surface area contributed by atoms with Gasteiger partial charge in [-0.15, -0.1) is 0 Å². The Labute approximate surface area is 124 Å². The van der Waals surface area contributed by atoms with Crippen molar-refractivity contribution in [3.8, 4) is 0 Å². The third kappa shape index (κ3) is 1.92. The molecule has 3 rings (SSSR count). The zero-order valence-electron chi connectivity index (χ0n) is 12.0. The van der Waals surface area contributed by atoms with E-state index in [0.29, 0.717) is 11.0 Å². The second kappa shape index (κ2) is 4.84. The van der Waals surface area contributed by atoms with Gasteiger partial charge >= 0.3 is 5.97 Å². The minimum absolute atomic E-state index is 0.0944. The number of rotatable bonds is 2. The van der Waals surface area contributed by atoms with Gasteiger partial charge in [-0.2, -0.15) is 0 Å². The smallest absolute Gasteiger partial charge is 0.341 e. The van der Waals surface area contributed by atoms with Crippen molar-refractivity contribution in [2.24, 2.45) is 0 Å². The normalized spacial score (nSPS) is 11.2. The van der Waals surface area contributed by atoms with Gasteiger partial charge in [0.2, 0.25) is 11.1 Å². The number of carboxylic acids is 1. The van der Waals surface area contributed by atoms with Crippen LogP contribution in [0.3, 0.4) is 0 Å². The number of aryl methyl sites for hydroxylation is 2. The fourth-order valence-electron chi connectivity index (χ4n) is 2.52. The largest absolute Gasteiger partial charge is 0.477 e. The summed E-state index contributed by atoms with van der Waals surface area (Å²) in [5, 5.41) is 9.61. The highest BCUT2D eigenvalue weighted by molar-refractivity contribution is 5.94. The van der Waals surface area contributed by atoms with Crippen molar-refractivity contribution in [3.05, 3.63) is 56.0 Å². The van der Waals surface area contributed by atoms with Crippen LogP contribution in [0.5, 0.6) is 0 Å². The zero-order chi connectivity index (χ0) is 16.0. The molecule has 112 valence electrons. The lowest BCUT2D eigenvalue weighted by Gasteiger charge is -2.09. The Morgan fingerprint density at radius 2 is 1.95 bits per heavy atom. The summed E-state index contributed by atoms with van der Waals surface area (Å²) in [6.45, 7) is 3.74. The van der Waals surface area contributed by atoms with E-state index < -0.39 is 17.1 Å². The van der Waals surface area contributed by atoms with E-state index in [2.05, 4.69) is 0 Å². The molecule has 1 N–H and O–H groups in total. The van der Waals surface area contributed by atoms with Gasteiger partial charge in [0.25, 0.3) is 5.56 Å². The lowest BCUT2D eigenvalue weighted by atomic mass is 10.1. The van der Waals surface area contributed by atoms with E-state index in [1.165, 1.54) is 4.57 Å². The Morgan fingerprint density at radius 3 is 2.59 bits per heavy atom. The van der Waals surface area contributed by atoms with Crippen molar-refractivity contribution >= 4 is 28.0 Å². The van der Waals surface area contributed by atoms with Gasteiger partial charge < -0.3 is 9.52 Å². The molecule has 0 aliphatic rings. The second-order valence-corrected chi connectivity index (χ2v) is 5.06. The molecule has 0 saturated heterocycles. The zero-order valence-corrected chi connectivity index (χ0v) is 12.0. The first-order valence-corrected chi connectivity index (χ1v) is 6.78. The third-order valence-corrected chi connectivity index (χ3v) is 3.62. The summed E-state index contributed by atoms with van der Waals surface area (Å²) in [5.74, 6) is -1.36. The molecule has 0 fully saturated rings. The quantitative estimate of drug-likeness (QED) is 0.732. The molecule has 22 heavy (non-hydrogen) atoms. The molecule has 2 aromatic heterocycles. The maximum atomic E-state index is 12.6. The molecule has 0 aliphatic carbocycles. The monoisotopic (exact) mass is 299 g/mol. The summed E-state index contributed by atoms with van der Waals surface area (Å²) in [5.41, 5.74) is -0.108. The predicted molar refractivity (Wildman–Crippen MR) is 81.6 cm³/mol. The first-order valence-electron chi connectivity index (χ1n) is 6.78.